The van der Waals surface area contributed by atoms with Gasteiger partial charge in [-0.25, -0.2) is 0 Å². The highest BCUT2D eigenvalue weighted by Gasteiger charge is 2.47. The molecule has 0 aromatic heterocycles. The van der Waals surface area contributed by atoms with E-state index < -0.39 is 16.8 Å². The zero-order chi connectivity index (χ0) is 14.0. The van der Waals surface area contributed by atoms with Gasteiger partial charge >= 0.3 is 5.97 Å². The van der Waals surface area contributed by atoms with E-state index >= 15 is 0 Å². The summed E-state index contributed by atoms with van der Waals surface area (Å²) in [6.07, 6.45) is 2.81. The molecule has 1 rings (SSSR count). The number of rotatable bonds is 5. The molecule has 3 atom stereocenters. The number of carbonyl (C=O) groups excluding carboxylic acids is 1. The van der Waals surface area contributed by atoms with Crippen LogP contribution in [-0.4, -0.2) is 29.6 Å². The number of hydrogen-bond acceptors (Lipinski definition) is 3. The van der Waals surface area contributed by atoms with Crippen molar-refractivity contribution >= 4 is 11.9 Å². The molecule has 1 aliphatic carbocycles. The Morgan fingerprint density at radius 3 is 2.61 bits per heavy atom. The van der Waals surface area contributed by atoms with Gasteiger partial charge in [0, 0.05) is 12.6 Å². The van der Waals surface area contributed by atoms with Crippen molar-refractivity contribution in [2.75, 3.05) is 6.54 Å². The summed E-state index contributed by atoms with van der Waals surface area (Å²) >= 11 is 0. The van der Waals surface area contributed by atoms with Crippen molar-refractivity contribution in [3.8, 4) is 0 Å². The van der Waals surface area contributed by atoms with Crippen molar-refractivity contribution in [1.29, 1.82) is 0 Å². The lowest BCUT2D eigenvalue weighted by Crippen LogP contribution is -2.52. The minimum absolute atomic E-state index is 0.133. The Kier molecular flexibility index (Phi) is 4.37. The van der Waals surface area contributed by atoms with E-state index in [9.17, 15) is 14.7 Å². The number of aliphatic carboxylic acids is 1. The summed E-state index contributed by atoms with van der Waals surface area (Å²) in [5.41, 5.74) is 4.19. The normalized spacial score (nSPS) is 30.8. The van der Waals surface area contributed by atoms with E-state index in [0.29, 0.717) is 12.8 Å². The Bertz CT molecular complexity index is 339. The monoisotopic (exact) mass is 256 g/mol. The molecule has 0 radical (unpaired) electrons. The van der Waals surface area contributed by atoms with Crippen LogP contribution in [0.5, 0.6) is 0 Å². The van der Waals surface area contributed by atoms with E-state index in [1.54, 1.807) is 6.92 Å². The fourth-order valence-corrected chi connectivity index (χ4v) is 2.38. The Hall–Kier alpha value is -1.10. The number of carboxylic acids is 1. The lowest BCUT2D eigenvalue weighted by molar-refractivity contribution is -0.149. The summed E-state index contributed by atoms with van der Waals surface area (Å²) in [5.74, 6) is -0.969. The van der Waals surface area contributed by atoms with Gasteiger partial charge in [0.2, 0.25) is 5.91 Å². The Morgan fingerprint density at radius 2 is 2.17 bits per heavy atom. The smallest absolute Gasteiger partial charge is 0.311 e. The molecule has 0 spiro atoms. The van der Waals surface area contributed by atoms with Gasteiger partial charge in [0.1, 0.15) is 0 Å². The fourth-order valence-electron chi connectivity index (χ4n) is 2.38. The number of carbonyl (C=O) groups is 2. The Balaban J connectivity index is 2.79. The van der Waals surface area contributed by atoms with Crippen LogP contribution in [-0.2, 0) is 9.59 Å². The molecule has 3 unspecified atom stereocenters. The molecule has 1 amide bonds. The van der Waals surface area contributed by atoms with E-state index in [2.05, 4.69) is 5.32 Å². The minimum Gasteiger partial charge on any atom is -0.481 e. The molecule has 0 heterocycles. The Labute approximate surface area is 108 Å². The molecule has 104 valence electrons. The molecule has 18 heavy (non-hydrogen) atoms. The van der Waals surface area contributed by atoms with Gasteiger partial charge in [-0.2, -0.15) is 0 Å². The van der Waals surface area contributed by atoms with Gasteiger partial charge in [0.05, 0.1) is 10.8 Å². The van der Waals surface area contributed by atoms with Gasteiger partial charge in [-0.3, -0.25) is 9.59 Å². The highest BCUT2D eigenvalue weighted by atomic mass is 16.4. The second kappa shape index (κ2) is 5.26. The van der Waals surface area contributed by atoms with Crippen molar-refractivity contribution in [1.82, 2.24) is 5.32 Å². The van der Waals surface area contributed by atoms with Crippen molar-refractivity contribution in [3.63, 3.8) is 0 Å². The third kappa shape index (κ3) is 2.51. The molecule has 0 aromatic carbocycles. The Morgan fingerprint density at radius 1 is 1.56 bits per heavy atom. The highest BCUT2D eigenvalue weighted by Crippen LogP contribution is 2.38. The van der Waals surface area contributed by atoms with Gasteiger partial charge in [0.15, 0.2) is 0 Å². The molecule has 5 nitrogen and oxygen atoms in total. The number of carboxylic acid groups (broad SMARTS) is 1. The third-order valence-electron chi connectivity index (χ3n) is 4.53. The van der Waals surface area contributed by atoms with Crippen LogP contribution in [0.4, 0.5) is 0 Å². The summed E-state index contributed by atoms with van der Waals surface area (Å²) in [6, 6.07) is -0.292. The molecule has 1 saturated carbocycles. The summed E-state index contributed by atoms with van der Waals surface area (Å²) < 4.78 is 0. The lowest BCUT2D eigenvalue weighted by atomic mass is 9.82. The van der Waals surface area contributed by atoms with E-state index in [0.717, 1.165) is 12.8 Å². The molecule has 0 bridgehead atoms. The van der Waals surface area contributed by atoms with E-state index in [1.165, 1.54) is 0 Å². The first kappa shape index (κ1) is 15.0. The average Bonchev–Trinajstić information content (AvgIpc) is 2.71. The number of nitrogens with one attached hydrogen (secondary N) is 1. The maximum atomic E-state index is 12.2. The molecule has 0 aromatic rings. The van der Waals surface area contributed by atoms with Crippen molar-refractivity contribution in [3.05, 3.63) is 0 Å². The molecule has 0 saturated heterocycles. The second-order valence-corrected chi connectivity index (χ2v) is 5.76. The van der Waals surface area contributed by atoms with Crippen molar-refractivity contribution < 1.29 is 14.7 Å². The van der Waals surface area contributed by atoms with Crippen molar-refractivity contribution in [2.24, 2.45) is 16.6 Å². The zero-order valence-corrected chi connectivity index (χ0v) is 11.5. The number of nitrogens with two attached hydrogens (primary N) is 1. The van der Waals surface area contributed by atoms with Crippen molar-refractivity contribution in [2.45, 2.75) is 52.5 Å². The minimum atomic E-state index is -0.848. The van der Waals surface area contributed by atoms with Crippen LogP contribution in [0, 0.1) is 10.8 Å². The van der Waals surface area contributed by atoms with Crippen LogP contribution in [0.1, 0.15) is 46.5 Å². The zero-order valence-electron chi connectivity index (χ0n) is 11.5. The largest absolute Gasteiger partial charge is 0.481 e. The molecule has 1 aliphatic rings. The van der Waals surface area contributed by atoms with Gasteiger partial charge < -0.3 is 16.2 Å². The summed E-state index contributed by atoms with van der Waals surface area (Å²) in [5, 5.41) is 12.2. The first-order chi connectivity index (χ1) is 8.30. The standard InChI is InChI=1S/C13H24N2O3/c1-4-12(2,8-14)10(16)15-9-6-5-7-13(9,3)11(17)18/h9H,4-8,14H2,1-3H3,(H,15,16)(H,17,18). The van der Waals surface area contributed by atoms with Gasteiger partial charge in [-0.1, -0.05) is 13.3 Å². The van der Waals surface area contributed by atoms with Gasteiger partial charge in [0.25, 0.3) is 0 Å². The predicted octanol–water partition coefficient (Wildman–Crippen LogP) is 1.12. The van der Waals surface area contributed by atoms with E-state index in [-0.39, 0.29) is 18.5 Å². The maximum Gasteiger partial charge on any atom is 0.311 e. The van der Waals surface area contributed by atoms with Crippen LogP contribution in [0.2, 0.25) is 0 Å². The number of amides is 1. The maximum absolute atomic E-state index is 12.2. The van der Waals surface area contributed by atoms with Crippen LogP contribution in [0.25, 0.3) is 0 Å². The molecule has 4 N–H and O–H groups in total. The highest BCUT2D eigenvalue weighted by molar-refractivity contribution is 5.84. The van der Waals surface area contributed by atoms with Crippen LogP contribution < -0.4 is 11.1 Å². The average molecular weight is 256 g/mol. The van der Waals surface area contributed by atoms with E-state index in [1.807, 2.05) is 13.8 Å². The molecule has 0 aliphatic heterocycles. The molecular weight excluding hydrogens is 232 g/mol. The molecule has 5 heteroatoms. The predicted molar refractivity (Wildman–Crippen MR) is 69.0 cm³/mol. The second-order valence-electron chi connectivity index (χ2n) is 5.76. The van der Waals surface area contributed by atoms with Crippen LogP contribution >= 0.6 is 0 Å². The quantitative estimate of drug-likeness (QED) is 0.687. The first-order valence-electron chi connectivity index (χ1n) is 6.54. The fraction of sp³-hybridized carbons (Fsp3) is 0.846. The first-order valence-corrected chi connectivity index (χ1v) is 6.54. The topological polar surface area (TPSA) is 92.4 Å². The summed E-state index contributed by atoms with van der Waals surface area (Å²) in [4.78, 5) is 23.5. The molecular formula is C13H24N2O3. The summed E-state index contributed by atoms with van der Waals surface area (Å²) in [6.45, 7) is 5.71. The van der Waals surface area contributed by atoms with Crippen LogP contribution in [0.3, 0.4) is 0 Å². The third-order valence-corrected chi connectivity index (χ3v) is 4.53. The van der Waals surface area contributed by atoms with Gasteiger partial charge in [-0.05, 0) is 33.1 Å². The van der Waals surface area contributed by atoms with Gasteiger partial charge in [-0.15, -0.1) is 0 Å². The van der Waals surface area contributed by atoms with E-state index in [4.69, 9.17) is 5.73 Å². The number of hydrogen-bond donors (Lipinski definition) is 3. The van der Waals surface area contributed by atoms with Crippen LogP contribution in [0.15, 0.2) is 0 Å². The summed E-state index contributed by atoms with van der Waals surface area (Å²) in [7, 11) is 0. The SMILES string of the molecule is CCC(C)(CN)C(=O)NC1CCCC1(C)C(=O)O. The lowest BCUT2D eigenvalue weighted by Gasteiger charge is -2.32. The molecule has 1 fully saturated rings.